The number of rotatable bonds is 4. The Kier molecular flexibility index (Phi) is 4.22. The van der Waals surface area contributed by atoms with E-state index in [2.05, 4.69) is 52.1 Å². The lowest BCUT2D eigenvalue weighted by Crippen LogP contribution is -2.14. The van der Waals surface area contributed by atoms with E-state index in [0.29, 0.717) is 0 Å². The van der Waals surface area contributed by atoms with Crippen molar-refractivity contribution < 1.29 is 0 Å². The summed E-state index contributed by atoms with van der Waals surface area (Å²) in [5, 5.41) is 6.59. The maximum absolute atomic E-state index is 6.22. The van der Waals surface area contributed by atoms with Gasteiger partial charge in [-0.05, 0) is 52.1 Å². The van der Waals surface area contributed by atoms with Crippen LogP contribution >= 0.6 is 33.9 Å². The molecule has 0 saturated heterocycles. The van der Waals surface area contributed by atoms with E-state index in [9.17, 15) is 0 Å². The molecule has 0 aromatic carbocycles. The second-order valence-electron chi connectivity index (χ2n) is 4.10. The monoisotopic (exact) mass is 361 g/mol. The van der Waals surface area contributed by atoms with Gasteiger partial charge in [-0.15, -0.1) is 11.3 Å². The van der Waals surface area contributed by atoms with Gasteiger partial charge in [0.1, 0.15) is 0 Å². The van der Waals surface area contributed by atoms with Gasteiger partial charge in [-0.25, -0.2) is 0 Å². The Balaban J connectivity index is 2.12. The minimum Gasteiger partial charge on any atom is -0.324 e. The van der Waals surface area contributed by atoms with Gasteiger partial charge in [-0.1, -0.05) is 6.92 Å². The smallest absolute Gasteiger partial charge is 0.0656 e. The maximum atomic E-state index is 6.22. The number of halogens is 1. The molecule has 17 heavy (non-hydrogen) atoms. The predicted octanol–water partition coefficient (Wildman–Crippen LogP) is 2.89. The normalized spacial score (nSPS) is 12.9. The highest BCUT2D eigenvalue weighted by atomic mass is 127. The van der Waals surface area contributed by atoms with Gasteiger partial charge >= 0.3 is 0 Å². The quantitative estimate of drug-likeness (QED) is 0.852. The molecule has 0 bridgehead atoms. The van der Waals surface area contributed by atoms with Gasteiger partial charge < -0.3 is 5.73 Å². The lowest BCUT2D eigenvalue weighted by molar-refractivity contribution is 0.639. The number of aromatic nitrogens is 2. The highest BCUT2D eigenvalue weighted by Crippen LogP contribution is 2.23. The largest absolute Gasteiger partial charge is 0.324 e. The van der Waals surface area contributed by atoms with E-state index in [0.717, 1.165) is 18.5 Å². The zero-order chi connectivity index (χ0) is 12.4. The topological polar surface area (TPSA) is 43.8 Å². The SMILES string of the molecule is CCc1cc(CC(N)c2csc(I)c2)n(C)n1. The number of hydrogen-bond donors (Lipinski definition) is 1. The predicted molar refractivity (Wildman–Crippen MR) is 80.3 cm³/mol. The first-order chi connectivity index (χ1) is 8.10. The summed E-state index contributed by atoms with van der Waals surface area (Å²) in [4.78, 5) is 0. The highest BCUT2D eigenvalue weighted by Gasteiger charge is 2.12. The summed E-state index contributed by atoms with van der Waals surface area (Å²) in [6.45, 7) is 2.12. The molecule has 2 N–H and O–H groups in total. The number of aryl methyl sites for hydroxylation is 2. The Bertz CT molecular complexity index is 504. The third kappa shape index (κ3) is 3.08. The standard InChI is InChI=1S/C12H16IN3S/c1-3-9-5-10(16(2)15-9)6-11(14)8-4-12(13)17-7-8/h4-5,7,11H,3,6,14H2,1-2H3. The number of hydrogen-bond acceptors (Lipinski definition) is 3. The van der Waals surface area contributed by atoms with Crippen molar-refractivity contribution in [2.45, 2.75) is 25.8 Å². The molecule has 2 aromatic rings. The van der Waals surface area contributed by atoms with E-state index in [1.807, 2.05) is 11.7 Å². The molecule has 0 spiro atoms. The lowest BCUT2D eigenvalue weighted by atomic mass is 10.1. The van der Waals surface area contributed by atoms with Crippen LogP contribution in [0.3, 0.4) is 0 Å². The summed E-state index contributed by atoms with van der Waals surface area (Å²) in [5.41, 5.74) is 9.78. The first-order valence-corrected chi connectivity index (χ1v) is 7.57. The fraction of sp³-hybridized carbons (Fsp3) is 0.417. The first kappa shape index (κ1) is 13.0. The first-order valence-electron chi connectivity index (χ1n) is 5.61. The molecule has 0 amide bonds. The molecule has 0 radical (unpaired) electrons. The van der Waals surface area contributed by atoms with Crippen molar-refractivity contribution in [1.29, 1.82) is 0 Å². The summed E-state index contributed by atoms with van der Waals surface area (Å²) in [5.74, 6) is 0. The fourth-order valence-corrected chi connectivity index (χ4v) is 3.23. The molecule has 2 aromatic heterocycles. The van der Waals surface area contributed by atoms with Crippen LogP contribution in [0.15, 0.2) is 17.5 Å². The average molecular weight is 361 g/mol. The molecule has 92 valence electrons. The molecular formula is C12H16IN3S. The van der Waals surface area contributed by atoms with E-state index in [1.165, 1.54) is 14.1 Å². The van der Waals surface area contributed by atoms with Crippen LogP contribution in [0.5, 0.6) is 0 Å². The van der Waals surface area contributed by atoms with Crippen LogP contribution in [0.25, 0.3) is 0 Å². The van der Waals surface area contributed by atoms with E-state index < -0.39 is 0 Å². The summed E-state index contributed by atoms with van der Waals surface area (Å²) in [6.07, 6.45) is 1.82. The average Bonchev–Trinajstić information content (AvgIpc) is 2.86. The van der Waals surface area contributed by atoms with Crippen molar-refractivity contribution in [3.63, 3.8) is 0 Å². The Morgan fingerprint density at radius 3 is 2.82 bits per heavy atom. The molecule has 1 atom stereocenters. The summed E-state index contributed by atoms with van der Waals surface area (Å²) < 4.78 is 3.23. The molecule has 0 saturated carbocycles. The minimum absolute atomic E-state index is 0.0647. The van der Waals surface area contributed by atoms with Crippen LogP contribution in [0.2, 0.25) is 0 Å². The van der Waals surface area contributed by atoms with Crippen LogP contribution in [0, 0.1) is 2.88 Å². The minimum atomic E-state index is 0.0647. The Hall–Kier alpha value is -0.400. The second-order valence-corrected chi connectivity index (χ2v) is 6.90. The molecule has 0 aliphatic carbocycles. The highest BCUT2D eigenvalue weighted by molar-refractivity contribution is 14.1. The van der Waals surface area contributed by atoms with Gasteiger partial charge in [0.15, 0.2) is 0 Å². The van der Waals surface area contributed by atoms with Crippen molar-refractivity contribution in [2.75, 3.05) is 0 Å². The molecular weight excluding hydrogens is 345 g/mol. The second kappa shape index (κ2) is 5.49. The van der Waals surface area contributed by atoms with E-state index in [4.69, 9.17) is 5.73 Å². The van der Waals surface area contributed by atoms with E-state index in [-0.39, 0.29) is 6.04 Å². The number of nitrogens with zero attached hydrogens (tertiary/aromatic N) is 2. The summed E-state index contributed by atoms with van der Waals surface area (Å²) in [7, 11) is 1.98. The third-order valence-corrected chi connectivity index (χ3v) is 4.64. The summed E-state index contributed by atoms with van der Waals surface area (Å²) >= 11 is 4.07. The van der Waals surface area contributed by atoms with Crippen molar-refractivity contribution in [1.82, 2.24) is 9.78 Å². The Labute approximate surface area is 119 Å². The zero-order valence-corrected chi connectivity index (χ0v) is 13.0. The Morgan fingerprint density at radius 2 is 2.29 bits per heavy atom. The van der Waals surface area contributed by atoms with Crippen LogP contribution in [0.4, 0.5) is 0 Å². The maximum Gasteiger partial charge on any atom is 0.0656 e. The molecule has 1 unspecified atom stereocenters. The van der Waals surface area contributed by atoms with E-state index >= 15 is 0 Å². The molecule has 0 aliphatic heterocycles. The fourth-order valence-electron chi connectivity index (χ4n) is 1.80. The Morgan fingerprint density at radius 1 is 1.53 bits per heavy atom. The van der Waals surface area contributed by atoms with Crippen LogP contribution < -0.4 is 5.73 Å². The van der Waals surface area contributed by atoms with E-state index in [1.54, 1.807) is 11.3 Å². The molecule has 2 heterocycles. The van der Waals surface area contributed by atoms with Crippen molar-refractivity contribution in [3.05, 3.63) is 37.3 Å². The third-order valence-electron chi connectivity index (χ3n) is 2.83. The van der Waals surface area contributed by atoms with Gasteiger partial charge in [-0.2, -0.15) is 5.10 Å². The van der Waals surface area contributed by atoms with Gasteiger partial charge in [0.05, 0.1) is 8.58 Å². The summed E-state index contributed by atoms with van der Waals surface area (Å²) in [6, 6.07) is 4.37. The molecule has 2 rings (SSSR count). The zero-order valence-electron chi connectivity index (χ0n) is 9.98. The lowest BCUT2D eigenvalue weighted by Gasteiger charge is -2.09. The molecule has 5 heteroatoms. The number of nitrogens with two attached hydrogens (primary N) is 1. The van der Waals surface area contributed by atoms with Gasteiger partial charge in [0.2, 0.25) is 0 Å². The van der Waals surface area contributed by atoms with Gasteiger partial charge in [0.25, 0.3) is 0 Å². The molecule has 3 nitrogen and oxygen atoms in total. The van der Waals surface area contributed by atoms with Crippen LogP contribution in [0.1, 0.15) is 29.9 Å². The van der Waals surface area contributed by atoms with Crippen LogP contribution in [-0.2, 0) is 19.9 Å². The van der Waals surface area contributed by atoms with Crippen molar-refractivity contribution in [2.24, 2.45) is 12.8 Å². The van der Waals surface area contributed by atoms with Gasteiger partial charge in [-0.3, -0.25) is 4.68 Å². The van der Waals surface area contributed by atoms with Crippen molar-refractivity contribution in [3.8, 4) is 0 Å². The number of thiophene rings is 1. The van der Waals surface area contributed by atoms with Gasteiger partial charge in [0, 0.05) is 25.2 Å². The van der Waals surface area contributed by atoms with Crippen molar-refractivity contribution >= 4 is 33.9 Å². The molecule has 0 aliphatic rings. The van der Waals surface area contributed by atoms with Crippen LogP contribution in [-0.4, -0.2) is 9.78 Å². The molecule has 0 fully saturated rings.